The van der Waals surface area contributed by atoms with Crippen molar-refractivity contribution in [1.29, 1.82) is 0 Å². The zero-order chi connectivity index (χ0) is 15.1. The second kappa shape index (κ2) is 8.56. The molecule has 1 saturated heterocycles. The number of ether oxygens (including phenoxy) is 2. The maximum Gasteiger partial charge on any atom is 0.0980 e. The van der Waals surface area contributed by atoms with Crippen LogP contribution in [0.4, 0.5) is 5.69 Å². The summed E-state index contributed by atoms with van der Waals surface area (Å²) in [5.74, 6) is 0. The number of hydrogen-bond donors (Lipinski definition) is 2. The third-order valence-electron chi connectivity index (χ3n) is 3.54. The van der Waals surface area contributed by atoms with Gasteiger partial charge in [0.15, 0.2) is 0 Å². The molecule has 1 unspecified atom stereocenters. The van der Waals surface area contributed by atoms with Gasteiger partial charge < -0.3 is 24.8 Å². The van der Waals surface area contributed by atoms with Gasteiger partial charge in [0.05, 0.1) is 25.9 Å². The second-order valence-corrected chi connectivity index (χ2v) is 5.47. The molecule has 0 amide bonds. The largest absolute Gasteiger partial charge is 0.394 e. The third-order valence-corrected chi connectivity index (χ3v) is 3.89. The van der Waals surface area contributed by atoms with Crippen molar-refractivity contribution in [2.24, 2.45) is 0 Å². The summed E-state index contributed by atoms with van der Waals surface area (Å²) in [6.07, 6.45) is -0.118. The third kappa shape index (κ3) is 4.83. The van der Waals surface area contributed by atoms with Gasteiger partial charge in [-0.15, -0.1) is 0 Å². The molecule has 0 bridgehead atoms. The zero-order valence-corrected chi connectivity index (χ0v) is 13.1. The fourth-order valence-corrected chi connectivity index (χ4v) is 2.58. The Morgan fingerprint density at radius 3 is 3.10 bits per heavy atom. The van der Waals surface area contributed by atoms with Crippen molar-refractivity contribution < 1.29 is 14.6 Å². The van der Waals surface area contributed by atoms with Gasteiger partial charge in [0, 0.05) is 44.0 Å². The molecule has 1 fully saturated rings. The van der Waals surface area contributed by atoms with Crippen LogP contribution in [0, 0.1) is 0 Å². The average molecular weight is 315 g/mol. The number of hydrogen-bond acceptors (Lipinski definition) is 5. The molecule has 2 rings (SSSR count). The van der Waals surface area contributed by atoms with Crippen LogP contribution in [0.15, 0.2) is 18.2 Å². The first-order valence-corrected chi connectivity index (χ1v) is 7.58. The molecule has 0 radical (unpaired) electrons. The number of aliphatic hydroxyl groups excluding tert-OH is 1. The molecular formula is C15H23ClN2O3. The molecule has 118 valence electrons. The molecular weight excluding hydrogens is 292 g/mol. The van der Waals surface area contributed by atoms with Crippen molar-refractivity contribution in [3.63, 3.8) is 0 Å². The number of aliphatic hydroxyl groups is 1. The van der Waals surface area contributed by atoms with Crippen molar-refractivity contribution in [3.8, 4) is 0 Å². The maximum atomic E-state index is 9.20. The Morgan fingerprint density at radius 2 is 2.38 bits per heavy atom. The van der Waals surface area contributed by atoms with Gasteiger partial charge in [-0.2, -0.15) is 0 Å². The van der Waals surface area contributed by atoms with Crippen molar-refractivity contribution >= 4 is 17.3 Å². The van der Waals surface area contributed by atoms with E-state index in [1.54, 1.807) is 7.11 Å². The molecule has 0 aromatic heterocycles. The molecule has 21 heavy (non-hydrogen) atoms. The van der Waals surface area contributed by atoms with E-state index in [-0.39, 0.29) is 12.7 Å². The number of anilines is 1. The summed E-state index contributed by atoms with van der Waals surface area (Å²) in [4.78, 5) is 2.19. The highest BCUT2D eigenvalue weighted by atomic mass is 35.5. The predicted octanol–water partition coefficient (Wildman–Crippen LogP) is 1.27. The summed E-state index contributed by atoms with van der Waals surface area (Å²) in [6.45, 7) is 4.40. The van der Waals surface area contributed by atoms with Gasteiger partial charge in [-0.05, 0) is 17.7 Å². The van der Waals surface area contributed by atoms with Crippen LogP contribution in [0.2, 0.25) is 5.02 Å². The Kier molecular flexibility index (Phi) is 6.73. The number of nitrogens with one attached hydrogen (secondary N) is 1. The Morgan fingerprint density at radius 1 is 1.52 bits per heavy atom. The molecule has 1 heterocycles. The van der Waals surface area contributed by atoms with E-state index >= 15 is 0 Å². The molecule has 0 saturated carbocycles. The van der Waals surface area contributed by atoms with Crippen LogP contribution in [0.25, 0.3) is 0 Å². The summed E-state index contributed by atoms with van der Waals surface area (Å²) in [5, 5.41) is 13.2. The lowest BCUT2D eigenvalue weighted by Gasteiger charge is -2.34. The Balaban J connectivity index is 1.94. The van der Waals surface area contributed by atoms with Crippen LogP contribution in [0.1, 0.15) is 5.56 Å². The van der Waals surface area contributed by atoms with Gasteiger partial charge in [0.2, 0.25) is 0 Å². The molecule has 1 atom stereocenters. The van der Waals surface area contributed by atoms with Crippen molar-refractivity contribution in [2.75, 3.05) is 51.5 Å². The van der Waals surface area contributed by atoms with E-state index in [9.17, 15) is 5.11 Å². The summed E-state index contributed by atoms with van der Waals surface area (Å²) in [6, 6.07) is 6.09. The monoisotopic (exact) mass is 314 g/mol. The zero-order valence-electron chi connectivity index (χ0n) is 12.3. The molecule has 2 N–H and O–H groups in total. The van der Waals surface area contributed by atoms with E-state index in [1.807, 2.05) is 12.1 Å². The summed E-state index contributed by atoms with van der Waals surface area (Å²) in [5.41, 5.74) is 2.14. The number of rotatable bonds is 7. The first-order valence-electron chi connectivity index (χ1n) is 7.20. The number of benzene rings is 1. The molecule has 6 heteroatoms. The minimum Gasteiger partial charge on any atom is -0.394 e. The Labute approximate surface area is 130 Å². The highest BCUT2D eigenvalue weighted by Gasteiger charge is 2.20. The molecule has 1 aliphatic rings. The van der Waals surface area contributed by atoms with Crippen LogP contribution in [0.5, 0.6) is 0 Å². The van der Waals surface area contributed by atoms with Gasteiger partial charge in [-0.3, -0.25) is 0 Å². The Hall–Kier alpha value is -0.850. The quantitative estimate of drug-likeness (QED) is 0.743. The topological polar surface area (TPSA) is 54.0 Å². The van der Waals surface area contributed by atoms with E-state index < -0.39 is 0 Å². The SMILES string of the molecule is COCCNCc1ccc(N2CCOC(CO)C2)cc1Cl. The summed E-state index contributed by atoms with van der Waals surface area (Å²) in [7, 11) is 1.69. The average Bonchev–Trinajstić information content (AvgIpc) is 2.53. The van der Waals surface area contributed by atoms with Crippen LogP contribution < -0.4 is 10.2 Å². The molecule has 1 aliphatic heterocycles. The minimum absolute atomic E-state index is 0.0474. The highest BCUT2D eigenvalue weighted by molar-refractivity contribution is 6.31. The van der Waals surface area contributed by atoms with Gasteiger partial charge >= 0.3 is 0 Å². The van der Waals surface area contributed by atoms with Crippen molar-refractivity contribution in [1.82, 2.24) is 5.32 Å². The fourth-order valence-electron chi connectivity index (χ4n) is 2.34. The number of nitrogens with zero attached hydrogens (tertiary/aromatic N) is 1. The van der Waals surface area contributed by atoms with Crippen LogP contribution in [-0.4, -0.2) is 57.8 Å². The molecule has 5 nitrogen and oxygen atoms in total. The number of halogens is 1. The van der Waals surface area contributed by atoms with E-state index in [0.29, 0.717) is 19.8 Å². The van der Waals surface area contributed by atoms with Gasteiger partial charge in [0.25, 0.3) is 0 Å². The van der Waals surface area contributed by atoms with Gasteiger partial charge in [0.1, 0.15) is 0 Å². The van der Waals surface area contributed by atoms with Crippen LogP contribution in [0.3, 0.4) is 0 Å². The maximum absolute atomic E-state index is 9.20. The first-order chi connectivity index (χ1) is 10.2. The fraction of sp³-hybridized carbons (Fsp3) is 0.600. The normalized spacial score (nSPS) is 19.0. The van der Waals surface area contributed by atoms with E-state index in [4.69, 9.17) is 21.1 Å². The van der Waals surface area contributed by atoms with Crippen molar-refractivity contribution in [3.05, 3.63) is 28.8 Å². The van der Waals surface area contributed by atoms with E-state index in [1.165, 1.54) is 0 Å². The molecule has 0 aliphatic carbocycles. The highest BCUT2D eigenvalue weighted by Crippen LogP contribution is 2.25. The Bertz CT molecular complexity index is 445. The summed E-state index contributed by atoms with van der Waals surface area (Å²) < 4.78 is 10.5. The number of morpholine rings is 1. The van der Waals surface area contributed by atoms with E-state index in [2.05, 4.69) is 16.3 Å². The minimum atomic E-state index is -0.118. The standard InChI is InChI=1S/C15H23ClN2O3/c1-20-6-4-17-9-12-2-3-13(8-15(12)16)18-5-7-21-14(10-18)11-19/h2-3,8,14,17,19H,4-7,9-11H2,1H3. The molecule has 0 spiro atoms. The van der Waals surface area contributed by atoms with Gasteiger partial charge in [-0.1, -0.05) is 17.7 Å². The predicted molar refractivity (Wildman–Crippen MR) is 84.1 cm³/mol. The van der Waals surface area contributed by atoms with Crippen molar-refractivity contribution in [2.45, 2.75) is 12.6 Å². The number of methoxy groups -OCH3 is 1. The second-order valence-electron chi connectivity index (χ2n) is 5.07. The lowest BCUT2D eigenvalue weighted by Crippen LogP contribution is -2.44. The molecule has 1 aromatic rings. The van der Waals surface area contributed by atoms with Crippen LogP contribution >= 0.6 is 11.6 Å². The van der Waals surface area contributed by atoms with Gasteiger partial charge in [-0.25, -0.2) is 0 Å². The first kappa shape index (κ1) is 16.5. The summed E-state index contributed by atoms with van der Waals surface area (Å²) >= 11 is 6.35. The lowest BCUT2D eigenvalue weighted by atomic mass is 10.1. The molecule has 1 aromatic carbocycles. The van der Waals surface area contributed by atoms with E-state index in [0.717, 1.165) is 35.9 Å². The lowest BCUT2D eigenvalue weighted by molar-refractivity contribution is 0.00357. The van der Waals surface area contributed by atoms with Crippen LogP contribution in [-0.2, 0) is 16.0 Å². The smallest absolute Gasteiger partial charge is 0.0980 e.